The van der Waals surface area contributed by atoms with Gasteiger partial charge >= 0.3 is 19.5 Å². The Hall–Kier alpha value is -1.17. The molecule has 0 atom stereocenters. The van der Waals surface area contributed by atoms with E-state index in [1.54, 1.807) is 6.92 Å². The molecule has 0 fully saturated rings. The number of rotatable bonds is 9. The molecule has 8 heteroatoms. The minimum Gasteiger partial charge on any atom is -0.465 e. The molecule has 0 aliphatic carbocycles. The highest BCUT2D eigenvalue weighted by Crippen LogP contribution is 2.33. The average molecular weight is 294 g/mol. The summed E-state index contributed by atoms with van der Waals surface area (Å²) in [5, 5.41) is 0. The number of hydrogen-bond acceptors (Lipinski definition) is 5. The molecule has 0 saturated carbocycles. The van der Waals surface area contributed by atoms with Gasteiger partial charge in [0.05, 0.1) is 13.2 Å². The third kappa shape index (κ3) is 11.6. The maximum Gasteiger partial charge on any atom is 0.336 e. The molecular weight excluding hydrogens is 275 g/mol. The Balaban J connectivity index is 3.46. The van der Waals surface area contributed by atoms with Crippen molar-refractivity contribution in [2.24, 2.45) is 0 Å². The molecule has 7 nitrogen and oxygen atoms in total. The lowest BCUT2D eigenvalue weighted by Gasteiger charge is -2.06. The fraction of sp³-hybridized carbons (Fsp3) is 0.636. The van der Waals surface area contributed by atoms with Gasteiger partial charge in [0.15, 0.2) is 0 Å². The summed E-state index contributed by atoms with van der Waals surface area (Å²) in [6.07, 6.45) is 0.933. The molecule has 0 saturated heterocycles. The van der Waals surface area contributed by atoms with Crippen molar-refractivity contribution in [1.29, 1.82) is 0 Å². The van der Waals surface area contributed by atoms with E-state index in [1.807, 2.05) is 0 Å². The second kappa shape index (κ2) is 8.85. The van der Waals surface area contributed by atoms with Crippen molar-refractivity contribution in [2.75, 3.05) is 19.4 Å². The van der Waals surface area contributed by atoms with Crippen molar-refractivity contribution < 1.29 is 33.4 Å². The molecule has 0 rings (SSSR count). The summed E-state index contributed by atoms with van der Waals surface area (Å²) in [6, 6.07) is 0. The molecule has 0 bridgehead atoms. The number of ether oxygens (including phenoxy) is 2. The summed E-state index contributed by atoms with van der Waals surface area (Å²) in [4.78, 5) is 38.9. The quantitative estimate of drug-likeness (QED) is 0.282. The fourth-order valence-electron chi connectivity index (χ4n) is 1.07. The van der Waals surface area contributed by atoms with Gasteiger partial charge in [0.25, 0.3) is 0 Å². The van der Waals surface area contributed by atoms with E-state index in [2.05, 4.69) is 11.3 Å². The van der Waals surface area contributed by atoms with E-state index in [4.69, 9.17) is 14.5 Å². The van der Waals surface area contributed by atoms with E-state index >= 15 is 0 Å². The maximum absolute atomic E-state index is 11.0. The monoisotopic (exact) mass is 294 g/mol. The van der Waals surface area contributed by atoms with Crippen LogP contribution in [0.3, 0.4) is 0 Å². The largest absolute Gasteiger partial charge is 0.465 e. The first kappa shape index (κ1) is 17.8. The van der Waals surface area contributed by atoms with Crippen molar-refractivity contribution in [2.45, 2.75) is 26.2 Å². The number of carbonyl (C=O) groups excluding carboxylic acids is 2. The molecule has 0 amide bonds. The summed E-state index contributed by atoms with van der Waals surface area (Å²) < 4.78 is 20.0. The van der Waals surface area contributed by atoms with Gasteiger partial charge < -0.3 is 19.3 Å². The molecule has 0 heterocycles. The van der Waals surface area contributed by atoms with Crippen molar-refractivity contribution in [3.8, 4) is 0 Å². The minimum absolute atomic E-state index is 0.0905. The normalized spacial score (nSPS) is 10.9. The predicted molar refractivity (Wildman–Crippen MR) is 67.5 cm³/mol. The van der Waals surface area contributed by atoms with Crippen LogP contribution in [0.4, 0.5) is 0 Å². The zero-order valence-electron chi connectivity index (χ0n) is 10.8. The fourth-order valence-corrected chi connectivity index (χ4v) is 1.50. The molecule has 2 N–H and O–H groups in total. The zero-order chi connectivity index (χ0) is 14.9. The van der Waals surface area contributed by atoms with Gasteiger partial charge in [-0.3, -0.25) is 9.36 Å². The first-order valence-electron chi connectivity index (χ1n) is 5.75. The molecule has 0 aromatic rings. The lowest BCUT2D eigenvalue weighted by atomic mass is 10.2. The number of esters is 2. The molecule has 0 aliphatic heterocycles. The van der Waals surface area contributed by atoms with Crippen LogP contribution in [0.1, 0.15) is 26.2 Å². The van der Waals surface area contributed by atoms with Crippen molar-refractivity contribution in [3.05, 3.63) is 12.2 Å². The second-order valence-corrected chi connectivity index (χ2v) is 5.67. The van der Waals surface area contributed by atoms with E-state index in [1.165, 1.54) is 0 Å². The van der Waals surface area contributed by atoms with E-state index in [9.17, 15) is 14.2 Å². The molecule has 0 aromatic carbocycles. The smallest absolute Gasteiger partial charge is 0.336 e. The summed E-state index contributed by atoms with van der Waals surface area (Å²) >= 11 is 0. The molecule has 0 spiro atoms. The third-order valence-corrected chi connectivity index (χ3v) is 2.64. The van der Waals surface area contributed by atoms with Gasteiger partial charge in [0.2, 0.25) is 0 Å². The van der Waals surface area contributed by atoms with Gasteiger partial charge in [-0.05, 0) is 26.2 Å². The van der Waals surface area contributed by atoms with Crippen LogP contribution in [0.2, 0.25) is 0 Å². The standard InChI is InChI=1S/C11H19O7P/c1-9(2)11(13)18-7-5-3-4-6-17-10(12)8-19(14,15)16/h1,3-8H2,2H3,(H2,14,15,16). The van der Waals surface area contributed by atoms with Gasteiger partial charge in [0, 0.05) is 5.57 Å². The van der Waals surface area contributed by atoms with Gasteiger partial charge in [-0.1, -0.05) is 6.58 Å². The van der Waals surface area contributed by atoms with Crippen LogP contribution in [0, 0.1) is 0 Å². The summed E-state index contributed by atoms with van der Waals surface area (Å²) in [7, 11) is -4.35. The minimum atomic E-state index is -4.35. The van der Waals surface area contributed by atoms with Gasteiger partial charge in [-0.25, -0.2) is 4.79 Å². The zero-order valence-corrected chi connectivity index (χ0v) is 11.7. The highest BCUT2D eigenvalue weighted by molar-refractivity contribution is 7.52. The van der Waals surface area contributed by atoms with Crippen molar-refractivity contribution >= 4 is 19.5 Å². The van der Waals surface area contributed by atoms with Crippen LogP contribution in [0.25, 0.3) is 0 Å². The Labute approximate surface area is 111 Å². The summed E-state index contributed by atoms with van der Waals surface area (Å²) in [5.74, 6) is -1.35. The summed E-state index contributed by atoms with van der Waals surface area (Å²) in [6.45, 7) is 5.35. The Morgan fingerprint density at radius 3 is 2.11 bits per heavy atom. The maximum atomic E-state index is 11.0. The van der Waals surface area contributed by atoms with Crippen LogP contribution in [0.15, 0.2) is 12.2 Å². The molecule has 0 unspecified atom stereocenters. The lowest BCUT2D eigenvalue weighted by molar-refractivity contribution is -0.140. The Morgan fingerprint density at radius 1 is 1.11 bits per heavy atom. The number of hydrogen-bond donors (Lipinski definition) is 2. The molecule has 19 heavy (non-hydrogen) atoms. The Kier molecular flexibility index (Phi) is 8.30. The first-order chi connectivity index (χ1) is 8.72. The Bertz CT molecular complexity index is 371. The molecule has 0 aromatic heterocycles. The van der Waals surface area contributed by atoms with Crippen LogP contribution in [-0.2, 0) is 23.6 Å². The number of carbonyl (C=O) groups is 2. The van der Waals surface area contributed by atoms with Crippen molar-refractivity contribution in [1.82, 2.24) is 0 Å². The number of unbranched alkanes of at least 4 members (excludes halogenated alkanes) is 2. The molecular formula is C11H19O7P. The molecule has 0 radical (unpaired) electrons. The second-order valence-electron chi connectivity index (χ2n) is 4.02. The molecule has 110 valence electrons. The summed E-state index contributed by atoms with van der Waals surface area (Å²) in [5.41, 5.74) is 0.339. The van der Waals surface area contributed by atoms with Crippen molar-refractivity contribution in [3.63, 3.8) is 0 Å². The molecule has 0 aliphatic rings. The third-order valence-electron chi connectivity index (χ3n) is 1.97. The first-order valence-corrected chi connectivity index (χ1v) is 7.55. The van der Waals surface area contributed by atoms with E-state index in [0.717, 1.165) is 0 Å². The van der Waals surface area contributed by atoms with Crippen LogP contribution in [0.5, 0.6) is 0 Å². The van der Waals surface area contributed by atoms with Gasteiger partial charge in [0.1, 0.15) is 6.16 Å². The topological polar surface area (TPSA) is 110 Å². The predicted octanol–water partition coefficient (Wildman–Crippen LogP) is 0.997. The SMILES string of the molecule is C=C(C)C(=O)OCCCCCOC(=O)CP(=O)(O)O. The van der Waals surface area contributed by atoms with Crippen LogP contribution in [-0.4, -0.2) is 41.1 Å². The lowest BCUT2D eigenvalue weighted by Crippen LogP contribution is -2.11. The average Bonchev–Trinajstić information content (AvgIpc) is 2.24. The van der Waals surface area contributed by atoms with Crippen LogP contribution < -0.4 is 0 Å². The highest BCUT2D eigenvalue weighted by atomic mass is 31.2. The van der Waals surface area contributed by atoms with Crippen LogP contribution >= 0.6 is 7.60 Å². The van der Waals surface area contributed by atoms with E-state index in [0.29, 0.717) is 24.8 Å². The van der Waals surface area contributed by atoms with E-state index < -0.39 is 25.7 Å². The van der Waals surface area contributed by atoms with E-state index in [-0.39, 0.29) is 13.2 Å². The van der Waals surface area contributed by atoms with Gasteiger partial charge in [-0.15, -0.1) is 0 Å². The Morgan fingerprint density at radius 2 is 1.63 bits per heavy atom. The highest BCUT2D eigenvalue weighted by Gasteiger charge is 2.19. The van der Waals surface area contributed by atoms with Gasteiger partial charge in [-0.2, -0.15) is 0 Å².